The molecule has 0 radical (unpaired) electrons. The van der Waals surface area contributed by atoms with Crippen LogP contribution in [-0.4, -0.2) is 43.8 Å². The molecule has 0 spiro atoms. The Morgan fingerprint density at radius 1 is 1.00 bits per heavy atom. The topological polar surface area (TPSA) is 110 Å². The highest BCUT2D eigenvalue weighted by Crippen LogP contribution is 2.24. The van der Waals surface area contributed by atoms with Crippen molar-refractivity contribution in [3.63, 3.8) is 0 Å². The van der Waals surface area contributed by atoms with Crippen LogP contribution in [-0.2, 0) is 10.0 Å². The molecular weight excluding hydrogens is 344 g/mol. The van der Waals surface area contributed by atoms with E-state index < -0.39 is 14.9 Å². The zero-order valence-electron chi connectivity index (χ0n) is 13.4. The van der Waals surface area contributed by atoms with Crippen LogP contribution < -0.4 is 10.6 Å². The van der Waals surface area contributed by atoms with Crippen LogP contribution >= 0.6 is 0 Å². The number of sulfonamides is 1. The molecule has 132 valence electrons. The summed E-state index contributed by atoms with van der Waals surface area (Å²) in [4.78, 5) is 12.6. The molecule has 0 atom stereocenters. The minimum absolute atomic E-state index is 0.0226. The summed E-state index contributed by atoms with van der Waals surface area (Å²) in [5.74, 6) is 0. The number of nitro benzene ring substituents is 1. The molecule has 1 aliphatic heterocycles. The second kappa shape index (κ2) is 6.69. The number of benzene rings is 2. The fourth-order valence-electron chi connectivity index (χ4n) is 2.78. The standard InChI is InChI=1S/C16H18N4O4S/c17-13-4-6-16(7-5-13)25(23,24)19-10-8-18(9-11-19)14-2-1-3-15(12-14)20(21)22/h1-7,12H,8-11,17H2. The first-order chi connectivity index (χ1) is 11.9. The van der Waals surface area contributed by atoms with E-state index in [-0.39, 0.29) is 10.6 Å². The zero-order valence-corrected chi connectivity index (χ0v) is 14.2. The number of non-ortho nitro benzene ring substituents is 1. The van der Waals surface area contributed by atoms with Crippen LogP contribution in [0.3, 0.4) is 0 Å². The molecule has 2 aromatic carbocycles. The van der Waals surface area contributed by atoms with Gasteiger partial charge in [0.2, 0.25) is 10.0 Å². The molecule has 0 unspecified atom stereocenters. The Morgan fingerprint density at radius 3 is 2.24 bits per heavy atom. The largest absolute Gasteiger partial charge is 0.399 e. The lowest BCUT2D eigenvalue weighted by Crippen LogP contribution is -2.48. The van der Waals surface area contributed by atoms with Crippen molar-refractivity contribution in [3.05, 3.63) is 58.6 Å². The average molecular weight is 362 g/mol. The molecule has 2 N–H and O–H groups in total. The third-order valence-electron chi connectivity index (χ3n) is 4.16. The van der Waals surface area contributed by atoms with E-state index in [1.54, 1.807) is 24.3 Å². The van der Waals surface area contributed by atoms with E-state index in [1.807, 2.05) is 4.90 Å². The molecule has 1 saturated heterocycles. The van der Waals surface area contributed by atoms with Crippen molar-refractivity contribution in [2.75, 3.05) is 36.8 Å². The Balaban J connectivity index is 1.72. The second-order valence-electron chi connectivity index (χ2n) is 5.74. The number of hydrogen-bond donors (Lipinski definition) is 1. The van der Waals surface area contributed by atoms with Crippen LogP contribution in [0.25, 0.3) is 0 Å². The Hall–Kier alpha value is -2.65. The molecule has 25 heavy (non-hydrogen) atoms. The summed E-state index contributed by atoms with van der Waals surface area (Å²) in [7, 11) is -3.56. The van der Waals surface area contributed by atoms with E-state index >= 15 is 0 Å². The zero-order chi connectivity index (χ0) is 18.0. The van der Waals surface area contributed by atoms with Gasteiger partial charge in [-0.05, 0) is 30.3 Å². The Kier molecular flexibility index (Phi) is 4.60. The molecule has 0 bridgehead atoms. The smallest absolute Gasteiger partial charge is 0.271 e. The summed E-state index contributed by atoms with van der Waals surface area (Å²) < 4.78 is 26.7. The average Bonchev–Trinajstić information content (AvgIpc) is 2.62. The Morgan fingerprint density at radius 2 is 1.64 bits per heavy atom. The fraction of sp³-hybridized carbons (Fsp3) is 0.250. The highest BCUT2D eigenvalue weighted by atomic mass is 32.2. The number of nitrogens with two attached hydrogens (primary N) is 1. The minimum Gasteiger partial charge on any atom is -0.399 e. The van der Waals surface area contributed by atoms with E-state index in [1.165, 1.54) is 28.6 Å². The summed E-state index contributed by atoms with van der Waals surface area (Å²) in [5, 5.41) is 10.9. The molecule has 0 saturated carbocycles. The number of hydrogen-bond acceptors (Lipinski definition) is 6. The molecule has 0 amide bonds. The molecular formula is C16H18N4O4S. The van der Waals surface area contributed by atoms with Gasteiger partial charge in [-0.25, -0.2) is 8.42 Å². The number of anilines is 2. The minimum atomic E-state index is -3.56. The van der Waals surface area contributed by atoms with Crippen LogP contribution in [0, 0.1) is 10.1 Å². The maximum atomic E-state index is 12.7. The van der Waals surface area contributed by atoms with Gasteiger partial charge in [0.25, 0.3) is 5.69 Å². The maximum absolute atomic E-state index is 12.7. The molecule has 2 aromatic rings. The monoisotopic (exact) mass is 362 g/mol. The third kappa shape index (κ3) is 3.57. The third-order valence-corrected chi connectivity index (χ3v) is 6.08. The number of nitrogens with zero attached hydrogens (tertiary/aromatic N) is 3. The number of nitrogen functional groups attached to an aromatic ring is 1. The molecule has 0 aromatic heterocycles. The Labute approximate surface area is 145 Å². The van der Waals surface area contributed by atoms with Gasteiger partial charge in [-0.2, -0.15) is 4.31 Å². The summed E-state index contributed by atoms with van der Waals surface area (Å²) in [5.41, 5.74) is 6.85. The number of nitro groups is 1. The van der Waals surface area contributed by atoms with Crippen LogP contribution in [0.5, 0.6) is 0 Å². The van der Waals surface area contributed by atoms with Crippen molar-refractivity contribution in [3.8, 4) is 0 Å². The molecule has 9 heteroatoms. The van der Waals surface area contributed by atoms with Crippen molar-refractivity contribution in [1.82, 2.24) is 4.31 Å². The van der Waals surface area contributed by atoms with Crippen molar-refractivity contribution in [2.45, 2.75) is 4.90 Å². The lowest BCUT2D eigenvalue weighted by atomic mass is 10.2. The predicted octanol–water partition coefficient (Wildman–Crippen LogP) is 1.69. The summed E-state index contributed by atoms with van der Waals surface area (Å²) >= 11 is 0. The normalized spacial score (nSPS) is 15.9. The van der Waals surface area contributed by atoms with Gasteiger partial charge in [-0.15, -0.1) is 0 Å². The van der Waals surface area contributed by atoms with Crippen LogP contribution in [0.4, 0.5) is 17.1 Å². The quantitative estimate of drug-likeness (QED) is 0.503. The fourth-order valence-corrected chi connectivity index (χ4v) is 4.20. The van der Waals surface area contributed by atoms with Crippen LogP contribution in [0.2, 0.25) is 0 Å². The van der Waals surface area contributed by atoms with E-state index in [9.17, 15) is 18.5 Å². The van der Waals surface area contributed by atoms with E-state index in [2.05, 4.69) is 0 Å². The summed E-state index contributed by atoms with van der Waals surface area (Å²) in [6, 6.07) is 12.5. The van der Waals surface area contributed by atoms with Crippen molar-refractivity contribution in [2.24, 2.45) is 0 Å². The molecule has 1 aliphatic rings. The molecule has 0 aliphatic carbocycles. The first-order valence-corrected chi connectivity index (χ1v) is 9.17. The first kappa shape index (κ1) is 17.2. The number of rotatable bonds is 4. The van der Waals surface area contributed by atoms with E-state index in [0.29, 0.717) is 31.9 Å². The summed E-state index contributed by atoms with van der Waals surface area (Å²) in [6.45, 7) is 1.57. The van der Waals surface area contributed by atoms with Crippen molar-refractivity contribution >= 4 is 27.1 Å². The van der Waals surface area contributed by atoms with Crippen molar-refractivity contribution < 1.29 is 13.3 Å². The molecule has 1 heterocycles. The number of piperazine rings is 1. The second-order valence-corrected chi connectivity index (χ2v) is 7.68. The Bertz CT molecular complexity index is 875. The van der Waals surface area contributed by atoms with Gasteiger partial charge in [-0.1, -0.05) is 6.07 Å². The van der Waals surface area contributed by atoms with Gasteiger partial charge >= 0.3 is 0 Å². The lowest BCUT2D eigenvalue weighted by Gasteiger charge is -2.35. The van der Waals surface area contributed by atoms with Gasteiger partial charge in [0, 0.05) is 49.7 Å². The van der Waals surface area contributed by atoms with Gasteiger partial charge in [0.05, 0.1) is 9.82 Å². The van der Waals surface area contributed by atoms with Crippen LogP contribution in [0.1, 0.15) is 0 Å². The van der Waals surface area contributed by atoms with Gasteiger partial charge in [0.15, 0.2) is 0 Å². The summed E-state index contributed by atoms with van der Waals surface area (Å²) in [6.07, 6.45) is 0. The van der Waals surface area contributed by atoms with Crippen molar-refractivity contribution in [1.29, 1.82) is 0 Å². The molecule has 8 nitrogen and oxygen atoms in total. The highest BCUT2D eigenvalue weighted by molar-refractivity contribution is 7.89. The molecule has 3 rings (SSSR count). The van der Waals surface area contributed by atoms with E-state index in [4.69, 9.17) is 5.73 Å². The van der Waals surface area contributed by atoms with E-state index in [0.717, 1.165) is 5.69 Å². The SMILES string of the molecule is Nc1ccc(S(=O)(=O)N2CCN(c3cccc([N+](=O)[O-])c3)CC2)cc1. The van der Waals surface area contributed by atoms with Gasteiger partial charge in [-0.3, -0.25) is 10.1 Å². The van der Waals surface area contributed by atoms with Gasteiger partial charge < -0.3 is 10.6 Å². The highest BCUT2D eigenvalue weighted by Gasteiger charge is 2.28. The van der Waals surface area contributed by atoms with Crippen LogP contribution in [0.15, 0.2) is 53.4 Å². The lowest BCUT2D eigenvalue weighted by molar-refractivity contribution is -0.384. The maximum Gasteiger partial charge on any atom is 0.271 e. The molecule has 1 fully saturated rings. The van der Waals surface area contributed by atoms with Gasteiger partial charge in [0.1, 0.15) is 0 Å². The first-order valence-electron chi connectivity index (χ1n) is 7.73. The predicted molar refractivity (Wildman–Crippen MR) is 94.9 cm³/mol.